The van der Waals surface area contributed by atoms with Crippen LogP contribution < -0.4 is 0 Å². The van der Waals surface area contributed by atoms with Crippen molar-refractivity contribution in [3.8, 4) is 0 Å². The Morgan fingerprint density at radius 1 is 1.08 bits per heavy atom. The molecule has 1 saturated heterocycles. The van der Waals surface area contributed by atoms with Crippen molar-refractivity contribution in [3.05, 3.63) is 44.0 Å². The van der Waals surface area contributed by atoms with Gasteiger partial charge in [0, 0.05) is 22.3 Å². The van der Waals surface area contributed by atoms with E-state index in [2.05, 4.69) is 0 Å². The minimum atomic E-state index is -1.21. The Kier molecular flexibility index (Phi) is 7.24. The maximum atomic E-state index is 13.6. The van der Waals surface area contributed by atoms with Crippen LogP contribution >= 0.6 is 11.8 Å². The molecule has 36 heavy (non-hydrogen) atoms. The van der Waals surface area contributed by atoms with Crippen LogP contribution in [0.15, 0.2) is 18.2 Å². The van der Waals surface area contributed by atoms with Gasteiger partial charge in [0.15, 0.2) is 5.60 Å². The average molecular weight is 523 g/mol. The van der Waals surface area contributed by atoms with Crippen molar-refractivity contribution in [2.24, 2.45) is 10.8 Å². The van der Waals surface area contributed by atoms with Crippen molar-refractivity contribution in [2.45, 2.75) is 77.1 Å². The first-order chi connectivity index (χ1) is 16.6. The SMILES string of the molecule is CCC[C@@](C)(CCOC(=O)c1cc([N+](=O)[O-])cc([N+](=O)[O-])c1)SC(=O)[C@@]12CCC(C)(C(=O)O1)C2(C)C. The molecule has 196 valence electrons. The number of hydrogen-bond acceptors (Lipinski definition) is 10. The van der Waals surface area contributed by atoms with Gasteiger partial charge in [-0.05, 0) is 39.5 Å². The minimum Gasteiger partial charge on any atom is -0.462 e. The molecule has 0 N–H and O–H groups in total. The van der Waals surface area contributed by atoms with Crippen LogP contribution in [0.25, 0.3) is 0 Å². The lowest BCUT2D eigenvalue weighted by molar-refractivity contribution is -0.394. The van der Waals surface area contributed by atoms with Crippen molar-refractivity contribution in [1.29, 1.82) is 0 Å². The van der Waals surface area contributed by atoms with Gasteiger partial charge in [0.25, 0.3) is 11.4 Å². The zero-order chi connectivity index (χ0) is 27.1. The number of benzene rings is 1. The largest absolute Gasteiger partial charge is 0.462 e. The van der Waals surface area contributed by atoms with Gasteiger partial charge in [-0.25, -0.2) is 4.79 Å². The second-order valence-corrected chi connectivity index (χ2v) is 12.0. The fourth-order valence-electron chi connectivity index (χ4n) is 5.13. The summed E-state index contributed by atoms with van der Waals surface area (Å²) in [6, 6.07) is 2.61. The molecule has 0 aromatic heterocycles. The third-order valence-electron chi connectivity index (χ3n) is 7.96. The molecule has 11 nitrogen and oxygen atoms in total. The normalized spacial score (nSPS) is 25.6. The molecule has 2 aliphatic rings. The first-order valence-corrected chi connectivity index (χ1v) is 12.5. The Bertz CT molecular complexity index is 1100. The Morgan fingerprint density at radius 3 is 2.11 bits per heavy atom. The van der Waals surface area contributed by atoms with Crippen LogP contribution in [0.1, 0.15) is 77.1 Å². The standard InChI is InChI=1S/C24H30N2O9S/c1-6-7-22(4,36-20(29)24-9-8-23(5,19(28)35-24)21(24,2)3)10-11-34-18(27)15-12-16(25(30)31)14-17(13-15)26(32)33/h12-14H,6-11H2,1-5H3/t22-,23?,24+/m0/s1. The smallest absolute Gasteiger partial charge is 0.338 e. The predicted molar refractivity (Wildman–Crippen MR) is 131 cm³/mol. The molecule has 1 aliphatic carbocycles. The Hall–Kier alpha value is -3.02. The molecule has 3 rings (SSSR count). The average Bonchev–Trinajstić information content (AvgIpc) is 3.09. The Balaban J connectivity index is 1.72. The van der Waals surface area contributed by atoms with Gasteiger partial charge in [-0.3, -0.25) is 29.8 Å². The van der Waals surface area contributed by atoms with Crippen molar-refractivity contribution < 1.29 is 33.7 Å². The monoisotopic (exact) mass is 522 g/mol. The highest BCUT2D eigenvalue weighted by molar-refractivity contribution is 8.15. The first kappa shape index (κ1) is 27.6. The number of carbonyl (C=O) groups is 3. The molecule has 0 spiro atoms. The number of nitrogens with zero attached hydrogens (tertiary/aromatic N) is 2. The van der Waals surface area contributed by atoms with Gasteiger partial charge in [-0.15, -0.1) is 0 Å². The molecule has 0 amide bonds. The molecule has 2 fully saturated rings. The van der Waals surface area contributed by atoms with Gasteiger partial charge < -0.3 is 9.47 Å². The molecular formula is C24H30N2O9S. The van der Waals surface area contributed by atoms with Crippen molar-refractivity contribution in [1.82, 2.24) is 0 Å². The minimum absolute atomic E-state index is 0.111. The number of carbonyl (C=O) groups excluding carboxylic acids is 3. The number of nitro benzene ring substituents is 2. The van der Waals surface area contributed by atoms with Gasteiger partial charge >= 0.3 is 11.9 Å². The molecule has 1 saturated carbocycles. The second kappa shape index (κ2) is 9.45. The van der Waals surface area contributed by atoms with E-state index in [4.69, 9.17) is 9.47 Å². The summed E-state index contributed by atoms with van der Waals surface area (Å²) in [6.07, 6.45) is 2.67. The quantitative estimate of drug-likeness (QED) is 0.233. The fourth-order valence-corrected chi connectivity index (χ4v) is 6.63. The summed E-state index contributed by atoms with van der Waals surface area (Å²) in [5, 5.41) is 21.9. The van der Waals surface area contributed by atoms with Crippen molar-refractivity contribution >= 4 is 40.2 Å². The maximum absolute atomic E-state index is 13.6. The fraction of sp³-hybridized carbons (Fsp3) is 0.625. The molecule has 2 bridgehead atoms. The molecule has 3 atom stereocenters. The van der Waals surface area contributed by atoms with Crippen LogP contribution in [0.4, 0.5) is 11.4 Å². The lowest BCUT2D eigenvalue weighted by atomic mass is 9.67. The van der Waals surface area contributed by atoms with Crippen LogP contribution in [-0.4, -0.2) is 43.9 Å². The third kappa shape index (κ3) is 4.46. The number of ether oxygens (including phenoxy) is 2. The number of thioether (sulfide) groups is 1. The van der Waals surface area contributed by atoms with Gasteiger partial charge in [0.1, 0.15) is 0 Å². The van der Waals surface area contributed by atoms with E-state index in [1.165, 1.54) is 0 Å². The van der Waals surface area contributed by atoms with Crippen molar-refractivity contribution in [2.75, 3.05) is 6.61 Å². The van der Waals surface area contributed by atoms with Crippen molar-refractivity contribution in [3.63, 3.8) is 0 Å². The van der Waals surface area contributed by atoms with Crippen LogP contribution in [-0.2, 0) is 19.1 Å². The molecule has 1 aliphatic heterocycles. The zero-order valence-corrected chi connectivity index (χ0v) is 21.8. The summed E-state index contributed by atoms with van der Waals surface area (Å²) in [5.41, 5.74) is -4.09. The number of rotatable bonds is 10. The summed E-state index contributed by atoms with van der Waals surface area (Å²) in [4.78, 5) is 59.2. The van der Waals surface area contributed by atoms with E-state index in [0.29, 0.717) is 19.3 Å². The summed E-state index contributed by atoms with van der Waals surface area (Å²) in [6.45, 7) is 9.34. The van der Waals surface area contributed by atoms with Gasteiger partial charge in [-0.1, -0.05) is 39.0 Å². The molecule has 1 aromatic carbocycles. The first-order valence-electron chi connectivity index (χ1n) is 11.7. The zero-order valence-electron chi connectivity index (χ0n) is 21.0. The molecule has 1 heterocycles. The Morgan fingerprint density at radius 2 is 1.67 bits per heavy atom. The van der Waals surface area contributed by atoms with Crippen LogP contribution in [0.2, 0.25) is 0 Å². The third-order valence-corrected chi connectivity index (χ3v) is 9.37. The summed E-state index contributed by atoms with van der Waals surface area (Å²) in [5.74, 6) is -1.29. The topological polar surface area (TPSA) is 156 Å². The van der Waals surface area contributed by atoms with E-state index >= 15 is 0 Å². The van der Waals surface area contributed by atoms with E-state index < -0.39 is 48.4 Å². The number of esters is 2. The van der Waals surface area contributed by atoms with E-state index in [1.807, 2.05) is 34.6 Å². The molecular weight excluding hydrogens is 492 g/mol. The molecule has 1 aromatic rings. The number of hydrogen-bond donors (Lipinski definition) is 0. The lowest BCUT2D eigenvalue weighted by Gasteiger charge is -2.38. The second-order valence-electron chi connectivity index (χ2n) is 10.4. The van der Waals surface area contributed by atoms with E-state index in [-0.39, 0.29) is 29.7 Å². The van der Waals surface area contributed by atoms with Gasteiger partial charge in [0.05, 0.1) is 33.5 Å². The van der Waals surface area contributed by atoms with Crippen LogP contribution in [0.3, 0.4) is 0 Å². The molecule has 0 radical (unpaired) electrons. The number of fused-ring (bicyclic) bond motifs is 2. The number of non-ortho nitro benzene ring substituents is 2. The lowest BCUT2D eigenvalue weighted by Crippen LogP contribution is -2.48. The molecule has 12 heteroatoms. The summed E-state index contributed by atoms with van der Waals surface area (Å²) < 4.78 is 10.4. The highest BCUT2D eigenvalue weighted by Gasteiger charge is 2.75. The summed E-state index contributed by atoms with van der Waals surface area (Å²) in [7, 11) is 0. The van der Waals surface area contributed by atoms with Crippen LogP contribution in [0, 0.1) is 31.1 Å². The Labute approximate surface area is 212 Å². The maximum Gasteiger partial charge on any atom is 0.338 e. The predicted octanol–water partition coefficient (Wildman–Crippen LogP) is 4.99. The van der Waals surface area contributed by atoms with Gasteiger partial charge in [0.2, 0.25) is 5.12 Å². The summed E-state index contributed by atoms with van der Waals surface area (Å²) >= 11 is 1.10. The van der Waals surface area contributed by atoms with Gasteiger partial charge in [-0.2, -0.15) is 0 Å². The molecule has 1 unspecified atom stereocenters. The number of nitro groups is 2. The highest BCUT2D eigenvalue weighted by Crippen LogP contribution is 2.67. The van der Waals surface area contributed by atoms with E-state index in [9.17, 15) is 34.6 Å². The highest BCUT2D eigenvalue weighted by atomic mass is 32.2. The van der Waals surface area contributed by atoms with Crippen LogP contribution in [0.5, 0.6) is 0 Å². The van der Waals surface area contributed by atoms with E-state index in [0.717, 1.165) is 36.4 Å². The van der Waals surface area contributed by atoms with E-state index in [1.54, 1.807) is 0 Å².